The van der Waals surface area contributed by atoms with Crippen molar-refractivity contribution in [2.75, 3.05) is 6.61 Å². The Morgan fingerprint density at radius 3 is 1.60 bits per heavy atom. The van der Waals surface area contributed by atoms with Crippen LogP contribution in [0, 0.1) is 23.7 Å². The molecule has 1 atom stereocenters. The van der Waals surface area contributed by atoms with E-state index in [1.54, 1.807) is 6.29 Å². The largest absolute Gasteiger partial charge is 0.378 e. The Hall–Kier alpha value is -0.880. The Morgan fingerprint density at radius 2 is 1.17 bits per heavy atom. The maximum absolute atomic E-state index is 10.4. The van der Waals surface area contributed by atoms with Gasteiger partial charge in [0.05, 0.1) is 12.2 Å². The van der Waals surface area contributed by atoms with E-state index < -0.39 is 5.92 Å². The summed E-state index contributed by atoms with van der Waals surface area (Å²) in [6, 6.07) is 1.99. The highest BCUT2D eigenvalue weighted by Gasteiger charge is 2.13. The molecule has 3 heteroatoms. The normalized spacial score (nSPS) is 15.7. The molecule has 0 heterocycles. The molecule has 1 saturated carbocycles. The molecule has 0 amide bonds. The predicted octanol–water partition coefficient (Wildman–Crippen LogP) is 8.03. The molecule has 1 rings (SSSR count). The number of unbranched alkanes of at least 4 members (excludes halogenated alkanes) is 15. The minimum atomic E-state index is -0.505. The number of hydrogen-bond acceptors (Lipinski definition) is 3. The van der Waals surface area contributed by atoms with E-state index in [0.717, 1.165) is 19.4 Å². The van der Waals surface area contributed by atoms with Gasteiger partial charge >= 0.3 is 0 Å². The monoisotopic (exact) mass is 417 g/mol. The van der Waals surface area contributed by atoms with Gasteiger partial charge in [0.15, 0.2) is 0 Å². The number of nitriles is 1. The van der Waals surface area contributed by atoms with E-state index in [-0.39, 0.29) is 0 Å². The summed E-state index contributed by atoms with van der Waals surface area (Å²) in [4.78, 5) is 10.4. The molecule has 1 aliphatic rings. The second-order valence-corrected chi connectivity index (χ2v) is 9.18. The summed E-state index contributed by atoms with van der Waals surface area (Å²) in [5.41, 5.74) is 0. The lowest BCUT2D eigenvalue weighted by Gasteiger charge is -2.21. The first-order chi connectivity index (χ1) is 14.9. The lowest BCUT2D eigenvalue weighted by atomic mass is 9.98. The van der Waals surface area contributed by atoms with Gasteiger partial charge in [-0.2, -0.15) is 5.26 Å². The fourth-order valence-corrected chi connectivity index (χ4v) is 4.39. The molecule has 0 saturated heterocycles. The van der Waals surface area contributed by atoms with Crippen LogP contribution in [0.15, 0.2) is 0 Å². The number of hydrogen-bond donors (Lipinski definition) is 0. The van der Waals surface area contributed by atoms with Gasteiger partial charge in [0, 0.05) is 6.61 Å². The highest BCUT2D eigenvalue weighted by molar-refractivity contribution is 5.58. The van der Waals surface area contributed by atoms with Crippen LogP contribution in [0.2, 0.25) is 0 Å². The highest BCUT2D eigenvalue weighted by Crippen LogP contribution is 2.20. The van der Waals surface area contributed by atoms with Crippen LogP contribution in [-0.2, 0) is 9.53 Å². The van der Waals surface area contributed by atoms with Crippen molar-refractivity contribution in [3.63, 3.8) is 0 Å². The minimum absolute atomic E-state index is 0.505. The van der Waals surface area contributed by atoms with Crippen LogP contribution in [0.1, 0.15) is 135 Å². The summed E-state index contributed by atoms with van der Waals surface area (Å²) in [7, 11) is 0. The van der Waals surface area contributed by atoms with E-state index >= 15 is 0 Å². The Bertz CT molecular complexity index is 412. The van der Waals surface area contributed by atoms with Crippen LogP contribution in [0.3, 0.4) is 0 Å². The Balaban J connectivity index is 1.67. The van der Waals surface area contributed by atoms with Crippen molar-refractivity contribution in [2.24, 2.45) is 5.92 Å². The third-order valence-electron chi connectivity index (χ3n) is 6.42. The van der Waals surface area contributed by atoms with E-state index in [1.807, 2.05) is 6.07 Å². The van der Waals surface area contributed by atoms with E-state index in [4.69, 9.17) is 10.00 Å². The third kappa shape index (κ3) is 16.9. The summed E-state index contributed by atoms with van der Waals surface area (Å²) in [5.74, 6) is -0.505. The molecule has 172 valence electrons. The molecule has 0 aromatic carbocycles. The van der Waals surface area contributed by atoms with Crippen LogP contribution in [0.5, 0.6) is 0 Å². The molecular weight excluding hydrogens is 370 g/mol. The predicted molar refractivity (Wildman–Crippen MR) is 126 cm³/mol. The quantitative estimate of drug-likeness (QED) is 0.178. The lowest BCUT2D eigenvalue weighted by Crippen LogP contribution is -2.17. The van der Waals surface area contributed by atoms with Crippen LogP contribution in [0.4, 0.5) is 0 Å². The zero-order valence-electron chi connectivity index (χ0n) is 19.6. The number of carbonyl (C=O) groups excluding carboxylic acids is 1. The van der Waals surface area contributed by atoms with Gasteiger partial charge in [0.1, 0.15) is 5.92 Å². The van der Waals surface area contributed by atoms with Crippen molar-refractivity contribution in [1.29, 1.82) is 5.26 Å². The molecule has 0 aromatic rings. The number of ether oxygens (including phenoxy) is 1. The summed E-state index contributed by atoms with van der Waals surface area (Å²) < 4.78 is 5.98. The van der Waals surface area contributed by atoms with Crippen molar-refractivity contribution < 1.29 is 9.53 Å². The van der Waals surface area contributed by atoms with Crippen molar-refractivity contribution in [1.82, 2.24) is 0 Å². The molecule has 30 heavy (non-hydrogen) atoms. The molecule has 0 aliphatic heterocycles. The van der Waals surface area contributed by atoms with Crippen molar-refractivity contribution in [3.05, 3.63) is 6.42 Å². The van der Waals surface area contributed by atoms with Crippen LogP contribution >= 0.6 is 0 Å². The average Bonchev–Trinajstić information content (AvgIpc) is 2.78. The molecule has 2 radical (unpaired) electrons. The fraction of sp³-hybridized carbons (Fsp3) is 0.889. The smallest absolute Gasteiger partial charge is 0.216 e. The molecule has 0 spiro atoms. The van der Waals surface area contributed by atoms with Gasteiger partial charge in [-0.25, -0.2) is 0 Å². The Labute approximate surface area is 187 Å². The van der Waals surface area contributed by atoms with Crippen molar-refractivity contribution in [3.8, 4) is 6.07 Å². The first kappa shape index (κ1) is 27.2. The third-order valence-corrected chi connectivity index (χ3v) is 6.42. The van der Waals surface area contributed by atoms with Crippen LogP contribution in [-0.4, -0.2) is 19.0 Å². The summed E-state index contributed by atoms with van der Waals surface area (Å²) >= 11 is 0. The average molecular weight is 418 g/mol. The van der Waals surface area contributed by atoms with E-state index in [9.17, 15) is 4.79 Å². The van der Waals surface area contributed by atoms with Gasteiger partial charge in [0.2, 0.25) is 6.29 Å². The van der Waals surface area contributed by atoms with Crippen LogP contribution in [0.25, 0.3) is 0 Å². The van der Waals surface area contributed by atoms with Gasteiger partial charge in [-0.05, 0) is 44.9 Å². The van der Waals surface area contributed by atoms with Gasteiger partial charge in [-0.1, -0.05) is 96.3 Å². The second kappa shape index (κ2) is 21.4. The van der Waals surface area contributed by atoms with Crippen LogP contribution < -0.4 is 0 Å². The van der Waals surface area contributed by atoms with Gasteiger partial charge < -0.3 is 4.74 Å². The zero-order chi connectivity index (χ0) is 21.5. The molecule has 1 unspecified atom stereocenters. The summed E-state index contributed by atoms with van der Waals surface area (Å²) in [6.45, 7) is 0.977. The standard InChI is InChI=1S/C27H47NO2/c28-24-26(25-29)20-16-13-11-9-7-5-3-1-2-4-6-8-10-12-14-19-23-30-27-21-17-15-18-22-27/h15,26-27H,1-14,16-23H2. The maximum Gasteiger partial charge on any atom is 0.216 e. The Morgan fingerprint density at radius 1 is 0.733 bits per heavy atom. The highest BCUT2D eigenvalue weighted by atomic mass is 16.5. The molecular formula is C27H47NO2. The molecule has 0 bridgehead atoms. The Kier molecular flexibility index (Phi) is 19.3. The van der Waals surface area contributed by atoms with Gasteiger partial charge in [-0.3, -0.25) is 4.79 Å². The van der Waals surface area contributed by atoms with Gasteiger partial charge in [-0.15, -0.1) is 0 Å². The van der Waals surface area contributed by atoms with Gasteiger partial charge in [0.25, 0.3) is 0 Å². The van der Waals surface area contributed by atoms with Crippen molar-refractivity contribution >= 4 is 6.29 Å². The molecule has 0 N–H and O–H groups in total. The fourth-order valence-electron chi connectivity index (χ4n) is 4.39. The summed E-state index contributed by atoms with van der Waals surface area (Å²) in [6.07, 6.45) is 31.6. The SMILES string of the molecule is N#CC([C]=O)CCCCCCCCCCCCCCCCCCOC1CC[CH]CC1. The summed E-state index contributed by atoms with van der Waals surface area (Å²) in [5, 5.41) is 8.69. The first-order valence-corrected chi connectivity index (χ1v) is 13.1. The molecule has 1 fully saturated rings. The van der Waals surface area contributed by atoms with E-state index in [1.165, 1.54) is 116 Å². The second-order valence-electron chi connectivity index (χ2n) is 9.18. The first-order valence-electron chi connectivity index (χ1n) is 13.1. The number of rotatable bonds is 21. The minimum Gasteiger partial charge on any atom is -0.378 e. The molecule has 0 aromatic heterocycles. The number of nitrogens with zero attached hydrogens (tertiary/aromatic N) is 1. The maximum atomic E-state index is 10.4. The van der Waals surface area contributed by atoms with E-state index in [0.29, 0.717) is 12.5 Å². The van der Waals surface area contributed by atoms with E-state index in [2.05, 4.69) is 6.42 Å². The molecule has 1 aliphatic carbocycles. The molecule has 3 nitrogen and oxygen atoms in total. The van der Waals surface area contributed by atoms with Crippen molar-refractivity contribution in [2.45, 2.75) is 141 Å². The lowest BCUT2D eigenvalue weighted by molar-refractivity contribution is 0.0326. The zero-order valence-corrected chi connectivity index (χ0v) is 19.6. The topological polar surface area (TPSA) is 50.1 Å².